The van der Waals surface area contributed by atoms with E-state index in [1.807, 2.05) is 24.3 Å². The molecule has 9 aromatic carbocycles. The minimum absolute atomic E-state index is 0.0485. The highest BCUT2D eigenvalue weighted by atomic mass is 16.3. The summed E-state index contributed by atoms with van der Waals surface area (Å²) in [6.45, 7) is 4.68. The molecule has 1 aliphatic carbocycles. The van der Waals surface area contributed by atoms with Gasteiger partial charge >= 0.3 is 0 Å². The van der Waals surface area contributed by atoms with E-state index < -0.39 is 0 Å². The number of furan rings is 2. The number of anilines is 3. The lowest BCUT2D eigenvalue weighted by Crippen LogP contribution is -2.14. The third-order valence-electron chi connectivity index (χ3n) is 12.7. The number of para-hydroxylation sites is 2. The van der Waals surface area contributed by atoms with Crippen molar-refractivity contribution in [3.63, 3.8) is 0 Å². The van der Waals surface area contributed by atoms with E-state index in [1.165, 1.54) is 33.4 Å². The topological polar surface area (TPSA) is 29.5 Å². The van der Waals surface area contributed by atoms with E-state index in [0.717, 1.165) is 83.2 Å². The van der Waals surface area contributed by atoms with E-state index in [1.54, 1.807) is 0 Å². The van der Waals surface area contributed by atoms with Crippen molar-refractivity contribution in [1.29, 1.82) is 0 Å². The van der Waals surface area contributed by atoms with Crippen molar-refractivity contribution in [1.82, 2.24) is 0 Å². The lowest BCUT2D eigenvalue weighted by atomic mass is 9.81. The van der Waals surface area contributed by atoms with Crippen molar-refractivity contribution in [3.05, 3.63) is 211 Å². The van der Waals surface area contributed by atoms with Crippen LogP contribution in [0.25, 0.3) is 88.4 Å². The lowest BCUT2D eigenvalue weighted by Gasteiger charge is -2.26. The maximum absolute atomic E-state index is 6.13. The molecule has 0 radical (unpaired) electrons. The zero-order valence-corrected chi connectivity index (χ0v) is 33.3. The van der Waals surface area contributed by atoms with Crippen LogP contribution in [0.4, 0.5) is 17.1 Å². The van der Waals surface area contributed by atoms with E-state index in [9.17, 15) is 0 Å². The summed E-state index contributed by atoms with van der Waals surface area (Å²) in [6, 6.07) is 72.1. The van der Waals surface area contributed by atoms with Gasteiger partial charge < -0.3 is 13.7 Å². The first-order valence-electron chi connectivity index (χ1n) is 20.6. The summed E-state index contributed by atoms with van der Waals surface area (Å²) in [5, 5.41) is 4.53. The van der Waals surface area contributed by atoms with Gasteiger partial charge in [-0.3, -0.25) is 0 Å². The molecule has 284 valence electrons. The first-order valence-corrected chi connectivity index (χ1v) is 20.6. The normalized spacial score (nSPS) is 13.0. The Labute approximate surface area is 348 Å². The molecule has 0 saturated heterocycles. The fourth-order valence-corrected chi connectivity index (χ4v) is 9.55. The second-order valence-electron chi connectivity index (χ2n) is 16.5. The number of benzene rings is 9. The van der Waals surface area contributed by atoms with Crippen LogP contribution in [0.3, 0.4) is 0 Å². The monoisotopic (exact) mass is 769 g/mol. The largest absolute Gasteiger partial charge is 0.456 e. The summed E-state index contributed by atoms with van der Waals surface area (Å²) < 4.78 is 12.3. The van der Waals surface area contributed by atoms with Gasteiger partial charge in [-0.15, -0.1) is 0 Å². The van der Waals surface area contributed by atoms with Crippen LogP contribution >= 0.6 is 0 Å². The molecule has 0 fully saturated rings. The molecule has 11 aromatic rings. The molecule has 0 saturated carbocycles. The predicted octanol–water partition coefficient (Wildman–Crippen LogP) is 16.3. The molecule has 0 bridgehead atoms. The molecule has 0 unspecified atom stereocenters. The molecule has 3 nitrogen and oxygen atoms in total. The van der Waals surface area contributed by atoms with Crippen LogP contribution in [-0.2, 0) is 5.41 Å². The van der Waals surface area contributed by atoms with Gasteiger partial charge in [0.15, 0.2) is 0 Å². The Morgan fingerprint density at radius 3 is 1.22 bits per heavy atom. The number of nitrogens with zero attached hydrogens (tertiary/aromatic N) is 1. The quantitative estimate of drug-likeness (QED) is 0.169. The van der Waals surface area contributed by atoms with Gasteiger partial charge in [0.1, 0.15) is 22.3 Å². The molecule has 12 rings (SSSR count). The Morgan fingerprint density at radius 1 is 0.317 bits per heavy atom. The summed E-state index contributed by atoms with van der Waals surface area (Å²) in [5.74, 6) is 0. The highest BCUT2D eigenvalue weighted by Gasteiger charge is 2.35. The molecule has 0 spiro atoms. The maximum atomic E-state index is 6.13. The first kappa shape index (κ1) is 34.4. The van der Waals surface area contributed by atoms with Gasteiger partial charge in [-0.05, 0) is 134 Å². The minimum atomic E-state index is -0.0485. The molecule has 60 heavy (non-hydrogen) atoms. The van der Waals surface area contributed by atoms with Crippen LogP contribution in [0.2, 0.25) is 0 Å². The summed E-state index contributed by atoms with van der Waals surface area (Å²) in [5.41, 5.74) is 19.3. The second kappa shape index (κ2) is 13.2. The van der Waals surface area contributed by atoms with E-state index in [-0.39, 0.29) is 5.41 Å². The number of fused-ring (bicyclic) bond motifs is 9. The van der Waals surface area contributed by atoms with Crippen molar-refractivity contribution < 1.29 is 8.83 Å². The molecule has 0 N–H and O–H groups in total. The first-order chi connectivity index (χ1) is 29.5. The predicted molar refractivity (Wildman–Crippen MR) is 250 cm³/mol. The van der Waals surface area contributed by atoms with Crippen LogP contribution in [0, 0.1) is 0 Å². The third kappa shape index (κ3) is 5.43. The Kier molecular flexibility index (Phi) is 7.58. The van der Waals surface area contributed by atoms with Crippen LogP contribution in [-0.4, -0.2) is 0 Å². The summed E-state index contributed by atoms with van der Waals surface area (Å²) in [7, 11) is 0. The molecule has 1 aliphatic rings. The smallest absolute Gasteiger partial charge is 0.135 e. The second-order valence-corrected chi connectivity index (χ2v) is 16.5. The standard InChI is InChI=1S/C57H39NO2/c1-57(2)51-12-6-3-9-45(51)46-30-21-41(35-52(46)57)38-19-28-44(29-20-38)58(42-24-15-36(16-25-42)39-22-31-55-49(33-39)47-10-4-7-13-53(47)59-55)43-26-17-37(18-27-43)40-23-32-56-50(34-40)48-11-5-8-14-54(48)60-56/h3-35H,1-2H3. The molecule has 2 aromatic heterocycles. The summed E-state index contributed by atoms with van der Waals surface area (Å²) in [4.78, 5) is 2.35. The van der Waals surface area contributed by atoms with Crippen molar-refractivity contribution in [2.24, 2.45) is 0 Å². The highest BCUT2D eigenvalue weighted by molar-refractivity contribution is 6.07. The third-order valence-corrected chi connectivity index (χ3v) is 12.7. The average molecular weight is 770 g/mol. The lowest BCUT2D eigenvalue weighted by molar-refractivity contribution is 0.660. The number of hydrogen-bond donors (Lipinski definition) is 0. The van der Waals surface area contributed by atoms with Crippen LogP contribution in [0.15, 0.2) is 209 Å². The summed E-state index contributed by atoms with van der Waals surface area (Å²) >= 11 is 0. The van der Waals surface area contributed by atoms with Gasteiger partial charge in [-0.2, -0.15) is 0 Å². The minimum Gasteiger partial charge on any atom is -0.456 e. The molecule has 0 atom stereocenters. The fraction of sp³-hybridized carbons (Fsp3) is 0.0526. The zero-order valence-electron chi connectivity index (χ0n) is 33.3. The fourth-order valence-electron chi connectivity index (χ4n) is 9.55. The summed E-state index contributed by atoms with van der Waals surface area (Å²) in [6.07, 6.45) is 0. The number of rotatable bonds is 6. The van der Waals surface area contributed by atoms with Crippen LogP contribution in [0.5, 0.6) is 0 Å². The van der Waals surface area contributed by atoms with Gasteiger partial charge in [0.05, 0.1) is 0 Å². The van der Waals surface area contributed by atoms with E-state index >= 15 is 0 Å². The van der Waals surface area contributed by atoms with E-state index in [0.29, 0.717) is 0 Å². The van der Waals surface area contributed by atoms with Gasteiger partial charge in [0, 0.05) is 44.0 Å². The van der Waals surface area contributed by atoms with Crippen molar-refractivity contribution in [2.75, 3.05) is 4.90 Å². The Morgan fingerprint density at radius 2 is 0.700 bits per heavy atom. The maximum Gasteiger partial charge on any atom is 0.135 e. The van der Waals surface area contributed by atoms with Gasteiger partial charge in [-0.1, -0.05) is 135 Å². The Bertz CT molecular complexity index is 3280. The van der Waals surface area contributed by atoms with Gasteiger partial charge in [0.2, 0.25) is 0 Å². The number of hydrogen-bond acceptors (Lipinski definition) is 3. The van der Waals surface area contributed by atoms with E-state index in [4.69, 9.17) is 8.83 Å². The molecular weight excluding hydrogens is 731 g/mol. The molecule has 2 heterocycles. The Balaban J connectivity index is 0.915. The van der Waals surface area contributed by atoms with Crippen LogP contribution in [0.1, 0.15) is 25.0 Å². The van der Waals surface area contributed by atoms with Gasteiger partial charge in [0.25, 0.3) is 0 Å². The van der Waals surface area contributed by atoms with Crippen molar-refractivity contribution in [2.45, 2.75) is 19.3 Å². The molecular formula is C57H39NO2. The molecule has 0 aliphatic heterocycles. The zero-order chi connectivity index (χ0) is 40.0. The van der Waals surface area contributed by atoms with Crippen molar-refractivity contribution >= 4 is 60.9 Å². The highest BCUT2D eigenvalue weighted by Crippen LogP contribution is 2.50. The van der Waals surface area contributed by atoms with Crippen molar-refractivity contribution in [3.8, 4) is 44.5 Å². The van der Waals surface area contributed by atoms with Gasteiger partial charge in [-0.25, -0.2) is 0 Å². The van der Waals surface area contributed by atoms with Crippen LogP contribution < -0.4 is 4.90 Å². The average Bonchev–Trinajstić information content (AvgIpc) is 3.94. The molecule has 3 heteroatoms. The van der Waals surface area contributed by atoms with E-state index in [2.05, 4.69) is 195 Å². The SMILES string of the molecule is CC1(C)c2ccccc2-c2ccc(-c3ccc(N(c4ccc(-c5ccc6oc7ccccc7c6c5)cc4)c4ccc(-c5ccc6oc7ccccc7c6c5)cc4)cc3)cc21. The molecule has 0 amide bonds. The Hall–Kier alpha value is -7.62.